The van der Waals surface area contributed by atoms with Crippen LogP contribution in [0, 0.1) is 6.92 Å². The molecule has 3 aromatic rings. The van der Waals surface area contributed by atoms with Crippen LogP contribution in [0.1, 0.15) is 55.2 Å². The number of nitrogens with zero attached hydrogens (tertiary/aromatic N) is 1. The fraction of sp³-hybridized carbons (Fsp3) is 0.154. The second-order valence-corrected chi connectivity index (χ2v) is 9.22. The van der Waals surface area contributed by atoms with Gasteiger partial charge in [-0.2, -0.15) is 0 Å². The third-order valence-electron chi connectivity index (χ3n) is 5.77. The van der Waals surface area contributed by atoms with Gasteiger partial charge in [-0.25, -0.2) is 4.79 Å². The maximum atomic E-state index is 13.0. The third kappa shape index (κ3) is 4.85. The van der Waals surface area contributed by atoms with Crippen LogP contribution in [0.2, 0.25) is 5.02 Å². The van der Waals surface area contributed by atoms with Gasteiger partial charge < -0.3 is 10.1 Å². The zero-order valence-electron chi connectivity index (χ0n) is 18.8. The Kier molecular flexibility index (Phi) is 7.05. The summed E-state index contributed by atoms with van der Waals surface area (Å²) in [5.74, 6) is -2.25. The first kappa shape index (κ1) is 24.6. The largest absolute Gasteiger partial charge is 0.452 e. The number of esters is 1. The van der Waals surface area contributed by atoms with Crippen molar-refractivity contribution in [3.05, 3.63) is 98.0 Å². The van der Waals surface area contributed by atoms with Gasteiger partial charge in [0.15, 0.2) is 6.61 Å². The molecule has 9 heteroatoms. The summed E-state index contributed by atoms with van der Waals surface area (Å²) in [6.45, 7) is 2.98. The van der Waals surface area contributed by atoms with Gasteiger partial charge in [0.2, 0.25) is 0 Å². The van der Waals surface area contributed by atoms with Gasteiger partial charge in [0.1, 0.15) is 0 Å². The zero-order chi connectivity index (χ0) is 25.3. The van der Waals surface area contributed by atoms with E-state index in [2.05, 4.69) is 21.2 Å². The Labute approximate surface area is 215 Å². The molecule has 3 aromatic carbocycles. The molecule has 1 aliphatic rings. The molecular weight excluding hydrogens is 536 g/mol. The molecule has 35 heavy (non-hydrogen) atoms. The molecule has 0 radical (unpaired) electrons. The van der Waals surface area contributed by atoms with Gasteiger partial charge in [-0.05, 0) is 71.2 Å². The molecule has 0 aliphatic carbocycles. The summed E-state index contributed by atoms with van der Waals surface area (Å²) in [5.41, 5.74) is 2.38. The number of fused-ring (bicyclic) bond motifs is 1. The van der Waals surface area contributed by atoms with Gasteiger partial charge in [0, 0.05) is 10.2 Å². The van der Waals surface area contributed by atoms with Gasteiger partial charge in [-0.1, -0.05) is 41.9 Å². The molecule has 1 atom stereocenters. The maximum absolute atomic E-state index is 13.0. The number of halogens is 2. The van der Waals surface area contributed by atoms with Gasteiger partial charge in [0.25, 0.3) is 17.7 Å². The van der Waals surface area contributed by atoms with Gasteiger partial charge in [-0.15, -0.1) is 0 Å². The highest BCUT2D eigenvalue weighted by molar-refractivity contribution is 9.10. The van der Waals surface area contributed by atoms with Crippen LogP contribution in [0.15, 0.2) is 65.1 Å². The monoisotopic (exact) mass is 554 g/mol. The number of rotatable bonds is 6. The molecule has 1 aliphatic heterocycles. The van der Waals surface area contributed by atoms with E-state index < -0.39 is 36.3 Å². The summed E-state index contributed by atoms with van der Waals surface area (Å²) in [6.07, 6.45) is 0. The van der Waals surface area contributed by atoms with E-state index in [1.54, 1.807) is 26.0 Å². The molecular formula is C26H20BrClN2O5. The van der Waals surface area contributed by atoms with Crippen molar-refractivity contribution >= 4 is 56.9 Å². The summed E-state index contributed by atoms with van der Waals surface area (Å²) in [6, 6.07) is 16.3. The highest BCUT2D eigenvalue weighted by Crippen LogP contribution is 2.32. The Balaban J connectivity index is 1.44. The van der Waals surface area contributed by atoms with E-state index in [0.29, 0.717) is 20.7 Å². The molecule has 0 aromatic heterocycles. The molecule has 0 fully saturated rings. The molecule has 7 nitrogen and oxygen atoms in total. The van der Waals surface area contributed by atoms with Crippen LogP contribution in [0.5, 0.6) is 0 Å². The summed E-state index contributed by atoms with van der Waals surface area (Å²) in [7, 11) is 0. The molecule has 0 spiro atoms. The van der Waals surface area contributed by atoms with Crippen LogP contribution < -0.4 is 5.32 Å². The summed E-state index contributed by atoms with van der Waals surface area (Å²) < 4.78 is 5.82. The molecule has 1 heterocycles. The van der Waals surface area contributed by atoms with Gasteiger partial charge in [-0.3, -0.25) is 19.3 Å². The molecule has 0 bridgehead atoms. The van der Waals surface area contributed by atoms with Crippen LogP contribution in [0.4, 0.5) is 5.69 Å². The highest BCUT2D eigenvalue weighted by Gasteiger charge is 2.39. The Bertz CT molecular complexity index is 1360. The number of nitrogens with one attached hydrogen (secondary N) is 1. The number of ether oxygens (including phenoxy) is 1. The minimum Gasteiger partial charge on any atom is -0.452 e. The molecule has 0 saturated carbocycles. The maximum Gasteiger partial charge on any atom is 0.338 e. The Morgan fingerprint density at radius 1 is 1.03 bits per heavy atom. The fourth-order valence-electron chi connectivity index (χ4n) is 3.81. The van der Waals surface area contributed by atoms with E-state index in [9.17, 15) is 19.2 Å². The normalized spacial score (nSPS) is 13.4. The SMILES string of the molecule is Cc1c(NC(=O)COC(=O)c2ccc3c(c2)C(=O)N([C@H](C)c2ccccc2)C3=O)ccc(Br)c1Cl. The lowest BCUT2D eigenvalue weighted by molar-refractivity contribution is -0.119. The molecule has 178 valence electrons. The zero-order valence-corrected chi connectivity index (χ0v) is 21.1. The second kappa shape index (κ2) is 10.0. The predicted octanol–water partition coefficient (Wildman–Crippen LogP) is 5.56. The van der Waals surface area contributed by atoms with Crippen LogP contribution in [0.3, 0.4) is 0 Å². The van der Waals surface area contributed by atoms with E-state index in [1.807, 2.05) is 30.3 Å². The third-order valence-corrected chi connectivity index (χ3v) is 7.15. The first-order chi connectivity index (χ1) is 16.7. The molecule has 3 amide bonds. The van der Waals surface area contributed by atoms with Crippen molar-refractivity contribution in [2.24, 2.45) is 0 Å². The Morgan fingerprint density at radius 3 is 2.43 bits per heavy atom. The average Bonchev–Trinajstić information content (AvgIpc) is 3.12. The Hall–Kier alpha value is -3.49. The number of anilines is 1. The van der Waals surface area contributed by atoms with E-state index in [0.717, 1.165) is 5.56 Å². The van der Waals surface area contributed by atoms with E-state index in [4.69, 9.17) is 16.3 Å². The molecule has 0 saturated heterocycles. The number of benzene rings is 3. The fourth-order valence-corrected chi connectivity index (χ4v) is 4.40. The van der Waals surface area contributed by atoms with Crippen molar-refractivity contribution in [1.82, 2.24) is 4.90 Å². The number of amides is 3. The summed E-state index contributed by atoms with van der Waals surface area (Å²) in [4.78, 5) is 51.9. The standard InChI is InChI=1S/C26H20BrClN2O5/c1-14-21(11-10-20(27)23(14)28)29-22(31)13-35-26(34)17-8-9-18-19(12-17)25(33)30(24(18)32)15(2)16-6-4-3-5-7-16/h3-12,15H,13H2,1-2H3,(H,29,31)/t15-/m1/s1. The second-order valence-electron chi connectivity index (χ2n) is 7.99. The summed E-state index contributed by atoms with van der Waals surface area (Å²) >= 11 is 9.48. The lowest BCUT2D eigenvalue weighted by Gasteiger charge is -2.22. The predicted molar refractivity (Wildman–Crippen MR) is 135 cm³/mol. The van der Waals surface area contributed by atoms with Crippen molar-refractivity contribution in [3.8, 4) is 0 Å². The topological polar surface area (TPSA) is 92.8 Å². The minimum atomic E-state index is -0.789. The lowest BCUT2D eigenvalue weighted by Crippen LogP contribution is -2.32. The quantitative estimate of drug-likeness (QED) is 0.317. The first-order valence-electron chi connectivity index (χ1n) is 10.7. The number of hydrogen-bond acceptors (Lipinski definition) is 5. The van der Waals surface area contributed by atoms with Gasteiger partial charge in [0.05, 0.1) is 27.8 Å². The smallest absolute Gasteiger partial charge is 0.338 e. The van der Waals surface area contributed by atoms with Gasteiger partial charge >= 0.3 is 5.97 Å². The first-order valence-corrected chi connectivity index (χ1v) is 11.8. The van der Waals surface area contributed by atoms with E-state index >= 15 is 0 Å². The molecule has 1 N–H and O–H groups in total. The molecule has 4 rings (SSSR count). The van der Waals surface area contributed by atoms with Crippen LogP contribution in [0.25, 0.3) is 0 Å². The number of carbonyl (C=O) groups is 4. The minimum absolute atomic E-state index is 0.0646. The van der Waals surface area contributed by atoms with Crippen molar-refractivity contribution in [2.45, 2.75) is 19.9 Å². The summed E-state index contributed by atoms with van der Waals surface area (Å²) in [5, 5.41) is 3.11. The van der Waals surface area contributed by atoms with Crippen molar-refractivity contribution in [2.75, 3.05) is 11.9 Å². The number of imide groups is 1. The van der Waals surface area contributed by atoms with E-state index in [-0.39, 0.29) is 16.7 Å². The van der Waals surface area contributed by atoms with E-state index in [1.165, 1.54) is 23.1 Å². The Morgan fingerprint density at radius 2 is 1.71 bits per heavy atom. The molecule has 0 unspecified atom stereocenters. The number of carbonyl (C=O) groups excluding carboxylic acids is 4. The van der Waals surface area contributed by atoms with Crippen LogP contribution >= 0.6 is 27.5 Å². The lowest BCUT2D eigenvalue weighted by atomic mass is 10.1. The van der Waals surface area contributed by atoms with Crippen molar-refractivity contribution in [1.29, 1.82) is 0 Å². The highest BCUT2D eigenvalue weighted by atomic mass is 79.9. The van der Waals surface area contributed by atoms with Crippen molar-refractivity contribution < 1.29 is 23.9 Å². The van der Waals surface area contributed by atoms with Crippen LogP contribution in [-0.4, -0.2) is 35.2 Å². The van der Waals surface area contributed by atoms with Crippen LogP contribution in [-0.2, 0) is 9.53 Å². The van der Waals surface area contributed by atoms with Crippen molar-refractivity contribution in [3.63, 3.8) is 0 Å². The average molecular weight is 556 g/mol. The number of hydrogen-bond donors (Lipinski definition) is 1.